The van der Waals surface area contributed by atoms with E-state index in [9.17, 15) is 14.3 Å². The van der Waals surface area contributed by atoms with Gasteiger partial charge in [0.2, 0.25) is 0 Å². The van der Waals surface area contributed by atoms with E-state index in [1.165, 1.54) is 6.42 Å². The van der Waals surface area contributed by atoms with E-state index in [1.54, 1.807) is 0 Å². The minimum absolute atomic E-state index is 0.0638. The number of nitrogens with two attached hydrogens (primary N) is 1. The van der Waals surface area contributed by atoms with Crippen molar-refractivity contribution in [1.29, 1.82) is 0 Å². The molecule has 0 aromatic carbocycles. The molecule has 2 atom stereocenters. The normalized spacial score (nSPS) is 14.6. The fraction of sp³-hybridized carbons (Fsp3) is 0.605. The van der Waals surface area contributed by atoms with Crippen molar-refractivity contribution in [2.45, 2.75) is 136 Å². The molecule has 0 fully saturated rings. The van der Waals surface area contributed by atoms with Crippen LogP contribution in [0.15, 0.2) is 97.2 Å². The molecule has 0 aliphatic carbocycles. The second kappa shape index (κ2) is 39.6. The predicted molar refractivity (Wildman–Crippen MR) is 219 cm³/mol. The van der Waals surface area contributed by atoms with Gasteiger partial charge in [-0.05, 0) is 83.5 Å². The summed E-state index contributed by atoms with van der Waals surface area (Å²) >= 11 is 0. The van der Waals surface area contributed by atoms with E-state index in [0.29, 0.717) is 6.61 Å². The van der Waals surface area contributed by atoms with Crippen LogP contribution in [0.25, 0.3) is 0 Å². The molecule has 0 spiro atoms. The van der Waals surface area contributed by atoms with E-state index >= 15 is 0 Å². The van der Waals surface area contributed by atoms with E-state index in [2.05, 4.69) is 111 Å². The maximum absolute atomic E-state index is 12.5. The number of phosphoric acid groups is 1. The minimum atomic E-state index is -4.30. The quantitative estimate of drug-likeness (QED) is 0.0282. The Morgan fingerprint density at radius 1 is 0.596 bits per heavy atom. The van der Waals surface area contributed by atoms with Crippen LogP contribution in [0.2, 0.25) is 0 Å². The van der Waals surface area contributed by atoms with E-state index in [1.807, 2.05) is 0 Å². The molecule has 0 radical (unpaired) electrons. The highest BCUT2D eigenvalue weighted by Crippen LogP contribution is 2.43. The second-order valence-electron chi connectivity index (χ2n) is 12.4. The van der Waals surface area contributed by atoms with Gasteiger partial charge in [-0.2, -0.15) is 0 Å². The molecule has 9 heteroatoms. The number of carbonyl (C=O) groups is 1. The second-order valence-corrected chi connectivity index (χ2v) is 13.9. The average Bonchev–Trinajstić information content (AvgIpc) is 3.13. The Kier molecular flexibility index (Phi) is 37.7. The maximum atomic E-state index is 12.5. The molecule has 0 amide bonds. The summed E-state index contributed by atoms with van der Waals surface area (Å²) < 4.78 is 33.2. The third kappa shape index (κ3) is 38.6. The van der Waals surface area contributed by atoms with Crippen molar-refractivity contribution in [3.8, 4) is 0 Å². The van der Waals surface area contributed by atoms with Crippen LogP contribution in [-0.4, -0.2) is 49.9 Å². The Bertz CT molecular complexity index is 1110. The number of hydrogen-bond donors (Lipinski definition) is 2. The largest absolute Gasteiger partial charge is 0.472 e. The van der Waals surface area contributed by atoms with Gasteiger partial charge in [0, 0.05) is 19.6 Å². The van der Waals surface area contributed by atoms with Crippen molar-refractivity contribution in [3.05, 3.63) is 97.2 Å². The summed E-state index contributed by atoms with van der Waals surface area (Å²) in [4.78, 5) is 22.4. The maximum Gasteiger partial charge on any atom is 0.472 e. The van der Waals surface area contributed by atoms with Crippen molar-refractivity contribution in [1.82, 2.24) is 0 Å². The predicted octanol–water partition coefficient (Wildman–Crippen LogP) is 11.5. The van der Waals surface area contributed by atoms with Gasteiger partial charge in [0.25, 0.3) is 0 Å². The first-order valence-corrected chi connectivity index (χ1v) is 21.2. The third-order valence-electron chi connectivity index (χ3n) is 7.47. The molecule has 0 aliphatic rings. The zero-order chi connectivity index (χ0) is 38.1. The summed E-state index contributed by atoms with van der Waals surface area (Å²) in [5.74, 6) is -0.370. The van der Waals surface area contributed by atoms with Crippen molar-refractivity contribution < 1.29 is 32.8 Å². The van der Waals surface area contributed by atoms with Gasteiger partial charge in [-0.3, -0.25) is 13.8 Å². The smallest absolute Gasteiger partial charge is 0.457 e. The molecule has 0 heterocycles. The molecule has 3 N–H and O–H groups in total. The van der Waals surface area contributed by atoms with Crippen LogP contribution in [0.3, 0.4) is 0 Å². The van der Waals surface area contributed by atoms with Crippen LogP contribution in [-0.2, 0) is 27.9 Å². The third-order valence-corrected chi connectivity index (χ3v) is 8.45. The average molecular weight is 746 g/mol. The lowest BCUT2D eigenvalue weighted by Gasteiger charge is -2.20. The number of allylic oxidation sites excluding steroid dienone is 16. The van der Waals surface area contributed by atoms with Gasteiger partial charge in [0.1, 0.15) is 6.10 Å². The van der Waals surface area contributed by atoms with Crippen molar-refractivity contribution in [2.75, 3.05) is 33.0 Å². The Morgan fingerprint density at radius 3 is 1.62 bits per heavy atom. The fourth-order valence-electron chi connectivity index (χ4n) is 4.64. The fourth-order valence-corrected chi connectivity index (χ4v) is 5.40. The molecule has 0 saturated carbocycles. The van der Waals surface area contributed by atoms with E-state index in [0.717, 1.165) is 103 Å². The van der Waals surface area contributed by atoms with Crippen LogP contribution in [0.4, 0.5) is 0 Å². The zero-order valence-electron chi connectivity index (χ0n) is 32.5. The van der Waals surface area contributed by atoms with Gasteiger partial charge < -0.3 is 20.1 Å². The number of esters is 1. The lowest BCUT2D eigenvalue weighted by molar-refractivity contribution is -0.154. The molecule has 0 aromatic rings. The Morgan fingerprint density at radius 2 is 1.08 bits per heavy atom. The highest BCUT2D eigenvalue weighted by atomic mass is 31.2. The number of rotatable bonds is 36. The van der Waals surface area contributed by atoms with Crippen LogP contribution < -0.4 is 5.73 Å². The van der Waals surface area contributed by atoms with Gasteiger partial charge in [-0.1, -0.05) is 137 Å². The number of ether oxygens (including phenoxy) is 2. The standard InChI is InChI=1S/C43H72NO7P/c1-3-5-7-9-11-13-15-17-18-19-20-21-22-23-25-27-29-31-33-35-38-48-40-42(41-50-52(46,47)49-39-37-44)51-43(45)36-34-32-30-28-26-24-16-14-12-10-8-6-4-2/h5,7-8,10-11,13-14,16-18,20-21,23,25,29,31,42H,3-4,6,9,12,15,19,22,24,26-28,30,32-41,44H2,1-2H3,(H,46,47)/b7-5-,10-8-,13-11-,16-14-,18-17-,21-20-,25-23-,31-29-. The number of unbranched alkanes of at least 4 members (excludes halogenated alkanes) is 7. The van der Waals surface area contributed by atoms with Crippen molar-refractivity contribution in [3.63, 3.8) is 0 Å². The molecule has 52 heavy (non-hydrogen) atoms. The summed E-state index contributed by atoms with van der Waals surface area (Å²) in [6.07, 6.45) is 51.5. The lowest BCUT2D eigenvalue weighted by atomic mass is 10.1. The van der Waals surface area contributed by atoms with Gasteiger partial charge in [0.15, 0.2) is 0 Å². The molecule has 296 valence electrons. The van der Waals surface area contributed by atoms with Crippen molar-refractivity contribution in [2.24, 2.45) is 5.73 Å². The van der Waals surface area contributed by atoms with E-state index < -0.39 is 13.9 Å². The molecule has 0 rings (SSSR count). The Labute approximate surface area is 317 Å². The number of carbonyl (C=O) groups excluding carboxylic acids is 1. The number of hydrogen-bond acceptors (Lipinski definition) is 7. The first kappa shape index (κ1) is 49.4. The molecule has 2 unspecified atom stereocenters. The minimum Gasteiger partial charge on any atom is -0.457 e. The monoisotopic (exact) mass is 746 g/mol. The summed E-state index contributed by atoms with van der Waals surface area (Å²) in [5, 5.41) is 0. The van der Waals surface area contributed by atoms with Gasteiger partial charge in [-0.15, -0.1) is 0 Å². The summed E-state index contributed by atoms with van der Waals surface area (Å²) in [6.45, 7) is 4.52. The molecule has 0 aromatic heterocycles. The van der Waals surface area contributed by atoms with Gasteiger partial charge >= 0.3 is 13.8 Å². The SMILES string of the molecule is CC/C=C\C/C=C\C/C=C\C/C=C\C/C=C\C/C=C\CCCOCC(COP(=O)(O)OCCN)OC(=O)CCCCCCC/C=C\C/C=C\CCC. The first-order chi connectivity index (χ1) is 25.4. The van der Waals surface area contributed by atoms with Gasteiger partial charge in [0.05, 0.1) is 19.8 Å². The molecular weight excluding hydrogens is 673 g/mol. The molecule has 0 saturated heterocycles. The first-order valence-electron chi connectivity index (χ1n) is 19.7. The highest BCUT2D eigenvalue weighted by Gasteiger charge is 2.25. The van der Waals surface area contributed by atoms with Gasteiger partial charge in [-0.25, -0.2) is 4.57 Å². The summed E-state index contributed by atoms with van der Waals surface area (Å²) in [7, 11) is -4.30. The zero-order valence-corrected chi connectivity index (χ0v) is 33.4. The summed E-state index contributed by atoms with van der Waals surface area (Å²) in [6, 6.07) is 0. The molecular formula is C43H72NO7P. The molecule has 0 aliphatic heterocycles. The topological polar surface area (TPSA) is 117 Å². The van der Waals surface area contributed by atoms with Crippen molar-refractivity contribution >= 4 is 13.8 Å². The van der Waals surface area contributed by atoms with E-state index in [4.69, 9.17) is 24.3 Å². The molecule has 8 nitrogen and oxygen atoms in total. The van der Waals surface area contributed by atoms with Crippen LogP contribution in [0, 0.1) is 0 Å². The summed E-state index contributed by atoms with van der Waals surface area (Å²) in [5.41, 5.74) is 5.35. The van der Waals surface area contributed by atoms with Crippen LogP contribution in [0.5, 0.6) is 0 Å². The number of phosphoric ester groups is 1. The van der Waals surface area contributed by atoms with Crippen LogP contribution >= 0.6 is 7.82 Å². The highest BCUT2D eigenvalue weighted by molar-refractivity contribution is 7.47. The Hall–Kier alpha value is -2.58. The Balaban J connectivity index is 4.23. The molecule has 0 bridgehead atoms. The lowest BCUT2D eigenvalue weighted by Crippen LogP contribution is -2.28. The van der Waals surface area contributed by atoms with E-state index in [-0.39, 0.29) is 38.8 Å². The van der Waals surface area contributed by atoms with Crippen LogP contribution in [0.1, 0.15) is 129 Å².